The maximum atomic E-state index is 11.3. The Labute approximate surface area is 84.3 Å². The number of carbonyl (C=O) groups excluding carboxylic acids is 2. The van der Waals surface area contributed by atoms with Crippen LogP contribution in [0, 0.1) is 0 Å². The first-order valence-corrected chi connectivity index (χ1v) is 4.70. The van der Waals surface area contributed by atoms with Gasteiger partial charge in [-0.3, -0.25) is 9.59 Å². The zero-order chi connectivity index (χ0) is 10.7. The molecule has 0 fully saturated rings. The highest BCUT2D eigenvalue weighted by Crippen LogP contribution is 2.10. The van der Waals surface area contributed by atoms with Crippen LogP contribution < -0.4 is 16.8 Å². The summed E-state index contributed by atoms with van der Waals surface area (Å²) in [4.78, 5) is 25.7. The minimum absolute atomic E-state index is 0.195. The second-order valence-electron chi connectivity index (χ2n) is 2.67. The van der Waals surface area contributed by atoms with Crippen LogP contribution in [0.3, 0.4) is 0 Å². The molecule has 0 spiro atoms. The third-order valence-corrected chi connectivity index (χ3v) is 2.20. The van der Waals surface area contributed by atoms with Crippen LogP contribution in [0.2, 0.25) is 0 Å². The molecule has 0 radical (unpaired) electrons. The van der Waals surface area contributed by atoms with E-state index in [4.69, 9.17) is 11.5 Å². The molecule has 1 aromatic heterocycles. The SMILES string of the molecule is C[C@@H](NC(=O)c1csc(N)n1)C(N)=O. The van der Waals surface area contributed by atoms with Crippen molar-refractivity contribution in [3.05, 3.63) is 11.1 Å². The number of amides is 2. The molecular formula is C7H10N4O2S. The summed E-state index contributed by atoms with van der Waals surface area (Å²) in [5, 5.41) is 4.20. The summed E-state index contributed by atoms with van der Waals surface area (Å²) >= 11 is 1.16. The molecule has 1 aromatic rings. The first kappa shape index (κ1) is 10.5. The summed E-state index contributed by atoms with van der Waals surface area (Å²) in [6.45, 7) is 1.50. The van der Waals surface area contributed by atoms with Crippen LogP contribution in [0.15, 0.2) is 5.38 Å². The molecule has 5 N–H and O–H groups in total. The highest BCUT2D eigenvalue weighted by Gasteiger charge is 2.15. The number of nitrogens with one attached hydrogen (secondary N) is 1. The van der Waals surface area contributed by atoms with Crippen LogP contribution in [0.4, 0.5) is 5.13 Å². The first-order chi connectivity index (χ1) is 6.50. The van der Waals surface area contributed by atoms with E-state index in [0.29, 0.717) is 5.13 Å². The first-order valence-electron chi connectivity index (χ1n) is 3.82. The van der Waals surface area contributed by atoms with Crippen molar-refractivity contribution >= 4 is 28.3 Å². The molecule has 6 nitrogen and oxygen atoms in total. The van der Waals surface area contributed by atoms with E-state index in [-0.39, 0.29) is 5.69 Å². The number of rotatable bonds is 3. The van der Waals surface area contributed by atoms with Crippen molar-refractivity contribution in [2.45, 2.75) is 13.0 Å². The third kappa shape index (κ3) is 2.43. The van der Waals surface area contributed by atoms with Gasteiger partial charge in [-0.15, -0.1) is 11.3 Å². The number of nitrogens with zero attached hydrogens (tertiary/aromatic N) is 1. The van der Waals surface area contributed by atoms with E-state index < -0.39 is 17.9 Å². The van der Waals surface area contributed by atoms with Crippen molar-refractivity contribution in [1.29, 1.82) is 0 Å². The maximum absolute atomic E-state index is 11.3. The number of nitrogen functional groups attached to an aromatic ring is 1. The second-order valence-corrected chi connectivity index (χ2v) is 3.56. The third-order valence-electron chi connectivity index (χ3n) is 1.53. The Bertz CT molecular complexity index is 362. The van der Waals surface area contributed by atoms with Gasteiger partial charge in [-0.1, -0.05) is 0 Å². The topological polar surface area (TPSA) is 111 Å². The Balaban J connectivity index is 2.63. The minimum atomic E-state index is -0.717. The van der Waals surface area contributed by atoms with Crippen molar-refractivity contribution < 1.29 is 9.59 Å². The Morgan fingerprint density at radius 3 is 2.71 bits per heavy atom. The van der Waals surface area contributed by atoms with E-state index in [1.54, 1.807) is 0 Å². The highest BCUT2D eigenvalue weighted by atomic mass is 32.1. The molecule has 0 aliphatic carbocycles. The molecule has 0 aliphatic heterocycles. The van der Waals surface area contributed by atoms with Crippen LogP contribution >= 0.6 is 11.3 Å². The number of carbonyl (C=O) groups is 2. The monoisotopic (exact) mass is 214 g/mol. The van der Waals surface area contributed by atoms with Gasteiger partial charge in [0.15, 0.2) is 5.13 Å². The van der Waals surface area contributed by atoms with Crippen molar-refractivity contribution in [3.63, 3.8) is 0 Å². The summed E-state index contributed by atoms with van der Waals surface area (Å²) in [7, 11) is 0. The van der Waals surface area contributed by atoms with E-state index in [0.717, 1.165) is 11.3 Å². The van der Waals surface area contributed by atoms with Gasteiger partial charge in [0.25, 0.3) is 5.91 Å². The highest BCUT2D eigenvalue weighted by molar-refractivity contribution is 7.13. The number of aromatic nitrogens is 1. The van der Waals surface area contributed by atoms with Crippen LogP contribution in [-0.4, -0.2) is 22.8 Å². The lowest BCUT2D eigenvalue weighted by atomic mass is 10.3. The lowest BCUT2D eigenvalue weighted by molar-refractivity contribution is -0.119. The fraction of sp³-hybridized carbons (Fsp3) is 0.286. The van der Waals surface area contributed by atoms with Gasteiger partial charge < -0.3 is 16.8 Å². The Kier molecular flexibility index (Phi) is 3.03. The lowest BCUT2D eigenvalue weighted by Crippen LogP contribution is -2.42. The van der Waals surface area contributed by atoms with Gasteiger partial charge in [-0.05, 0) is 6.92 Å². The number of thiazole rings is 1. The van der Waals surface area contributed by atoms with Crippen molar-refractivity contribution in [1.82, 2.24) is 10.3 Å². The molecule has 2 amide bonds. The fourth-order valence-corrected chi connectivity index (χ4v) is 1.28. The minimum Gasteiger partial charge on any atom is -0.375 e. The molecule has 0 bridgehead atoms. The Morgan fingerprint density at radius 2 is 2.29 bits per heavy atom. The molecule has 7 heteroatoms. The van der Waals surface area contributed by atoms with Gasteiger partial charge in [0.05, 0.1) is 0 Å². The van der Waals surface area contributed by atoms with Crippen LogP contribution in [0.1, 0.15) is 17.4 Å². The van der Waals surface area contributed by atoms with E-state index in [1.165, 1.54) is 12.3 Å². The van der Waals surface area contributed by atoms with E-state index in [9.17, 15) is 9.59 Å². The average Bonchev–Trinajstić information content (AvgIpc) is 2.51. The molecule has 0 saturated carbocycles. The molecule has 1 rings (SSSR count). The summed E-state index contributed by atoms with van der Waals surface area (Å²) in [6.07, 6.45) is 0. The number of hydrogen-bond acceptors (Lipinski definition) is 5. The van der Waals surface area contributed by atoms with Gasteiger partial charge in [-0.25, -0.2) is 4.98 Å². The van der Waals surface area contributed by atoms with Crippen molar-refractivity contribution in [2.75, 3.05) is 5.73 Å². The Hall–Kier alpha value is -1.63. The summed E-state index contributed by atoms with van der Waals surface area (Å²) < 4.78 is 0. The molecule has 76 valence electrons. The van der Waals surface area contributed by atoms with Gasteiger partial charge in [0.1, 0.15) is 11.7 Å². The standard InChI is InChI=1S/C7H10N4O2S/c1-3(5(8)12)10-6(13)4-2-14-7(9)11-4/h2-3H,1H3,(H2,8,12)(H2,9,11)(H,10,13)/t3-/m1/s1. The summed E-state index contributed by atoms with van der Waals surface area (Å²) in [5.41, 5.74) is 10.5. The molecule has 1 atom stereocenters. The average molecular weight is 214 g/mol. The molecule has 0 aromatic carbocycles. The van der Waals surface area contributed by atoms with Crippen LogP contribution in [0.25, 0.3) is 0 Å². The fourth-order valence-electron chi connectivity index (χ4n) is 0.734. The van der Waals surface area contributed by atoms with Crippen LogP contribution in [-0.2, 0) is 4.79 Å². The number of hydrogen-bond donors (Lipinski definition) is 3. The molecule has 0 unspecified atom stereocenters. The molecule has 0 saturated heterocycles. The lowest BCUT2D eigenvalue weighted by Gasteiger charge is -2.07. The predicted octanol–water partition coefficient (Wildman–Crippen LogP) is -0.671. The summed E-state index contributed by atoms with van der Waals surface area (Å²) in [6, 6.07) is -0.717. The number of primary amides is 1. The zero-order valence-corrected chi connectivity index (χ0v) is 8.30. The number of anilines is 1. The smallest absolute Gasteiger partial charge is 0.271 e. The Morgan fingerprint density at radius 1 is 1.64 bits per heavy atom. The normalized spacial score (nSPS) is 12.1. The molecule has 0 aliphatic rings. The quantitative estimate of drug-likeness (QED) is 0.619. The van der Waals surface area contributed by atoms with Gasteiger partial charge in [-0.2, -0.15) is 0 Å². The zero-order valence-electron chi connectivity index (χ0n) is 7.48. The van der Waals surface area contributed by atoms with E-state index >= 15 is 0 Å². The molecule has 1 heterocycles. The van der Waals surface area contributed by atoms with Crippen molar-refractivity contribution in [3.8, 4) is 0 Å². The molecule has 14 heavy (non-hydrogen) atoms. The summed E-state index contributed by atoms with van der Waals surface area (Å²) in [5.74, 6) is -1.05. The van der Waals surface area contributed by atoms with Gasteiger partial charge in [0.2, 0.25) is 5.91 Å². The van der Waals surface area contributed by atoms with Crippen LogP contribution in [0.5, 0.6) is 0 Å². The maximum Gasteiger partial charge on any atom is 0.271 e. The number of nitrogens with two attached hydrogens (primary N) is 2. The largest absolute Gasteiger partial charge is 0.375 e. The van der Waals surface area contributed by atoms with Gasteiger partial charge >= 0.3 is 0 Å². The van der Waals surface area contributed by atoms with Crippen molar-refractivity contribution in [2.24, 2.45) is 5.73 Å². The second kappa shape index (κ2) is 4.05. The predicted molar refractivity (Wildman–Crippen MR) is 52.6 cm³/mol. The van der Waals surface area contributed by atoms with E-state index in [1.807, 2.05) is 0 Å². The van der Waals surface area contributed by atoms with E-state index in [2.05, 4.69) is 10.3 Å². The molecular weight excluding hydrogens is 204 g/mol. The van der Waals surface area contributed by atoms with Gasteiger partial charge in [0, 0.05) is 5.38 Å².